The van der Waals surface area contributed by atoms with E-state index in [0.717, 1.165) is 33.0 Å². The standard InChI is InChI=1S/C18H13NO2/c1-11-5-8-16-17(9-11)21-18(19-16)15-4-2-3-12-10-13(20)6-7-14(12)15/h2-10,20H,1H3. The molecule has 102 valence electrons. The minimum absolute atomic E-state index is 0.257. The van der Waals surface area contributed by atoms with Gasteiger partial charge in [-0.15, -0.1) is 0 Å². The first-order chi connectivity index (χ1) is 10.2. The van der Waals surface area contributed by atoms with Gasteiger partial charge >= 0.3 is 0 Å². The molecule has 0 radical (unpaired) electrons. The third-order valence-electron chi connectivity index (χ3n) is 3.64. The van der Waals surface area contributed by atoms with Crippen molar-refractivity contribution in [1.82, 2.24) is 4.98 Å². The summed E-state index contributed by atoms with van der Waals surface area (Å²) in [7, 11) is 0. The molecule has 1 N–H and O–H groups in total. The Kier molecular flexibility index (Phi) is 2.48. The van der Waals surface area contributed by atoms with Crippen molar-refractivity contribution in [3.05, 3.63) is 60.2 Å². The van der Waals surface area contributed by atoms with E-state index in [1.54, 1.807) is 12.1 Å². The number of phenolic OH excluding ortho intramolecular Hbond substituents is 1. The van der Waals surface area contributed by atoms with Gasteiger partial charge in [0.25, 0.3) is 0 Å². The number of aromatic nitrogens is 1. The molecule has 1 aromatic heterocycles. The van der Waals surface area contributed by atoms with E-state index in [1.807, 2.05) is 49.4 Å². The third kappa shape index (κ3) is 1.94. The van der Waals surface area contributed by atoms with E-state index in [0.29, 0.717) is 5.89 Å². The van der Waals surface area contributed by atoms with Crippen LogP contribution in [0.2, 0.25) is 0 Å². The Morgan fingerprint density at radius 1 is 1.00 bits per heavy atom. The SMILES string of the molecule is Cc1ccc2nc(-c3cccc4cc(O)ccc34)oc2c1. The van der Waals surface area contributed by atoms with Crippen molar-refractivity contribution < 1.29 is 9.52 Å². The minimum atomic E-state index is 0.257. The van der Waals surface area contributed by atoms with Crippen molar-refractivity contribution in [1.29, 1.82) is 0 Å². The molecule has 0 unspecified atom stereocenters. The zero-order chi connectivity index (χ0) is 14.4. The van der Waals surface area contributed by atoms with Crippen molar-refractivity contribution in [3.63, 3.8) is 0 Å². The average Bonchev–Trinajstić information content (AvgIpc) is 2.89. The highest BCUT2D eigenvalue weighted by atomic mass is 16.3. The topological polar surface area (TPSA) is 46.3 Å². The molecule has 1 heterocycles. The zero-order valence-electron chi connectivity index (χ0n) is 11.5. The number of nitrogens with zero attached hydrogens (tertiary/aromatic N) is 1. The van der Waals surface area contributed by atoms with Gasteiger partial charge in [-0.05, 0) is 59.7 Å². The lowest BCUT2D eigenvalue weighted by atomic mass is 10.0. The van der Waals surface area contributed by atoms with Gasteiger partial charge in [0.1, 0.15) is 11.3 Å². The van der Waals surface area contributed by atoms with Crippen LogP contribution >= 0.6 is 0 Å². The van der Waals surface area contributed by atoms with E-state index >= 15 is 0 Å². The average molecular weight is 275 g/mol. The molecule has 0 atom stereocenters. The van der Waals surface area contributed by atoms with Gasteiger partial charge in [-0.1, -0.05) is 18.2 Å². The van der Waals surface area contributed by atoms with Crippen molar-refractivity contribution >= 4 is 21.9 Å². The lowest BCUT2D eigenvalue weighted by molar-refractivity contribution is 0.476. The van der Waals surface area contributed by atoms with Crippen LogP contribution in [0.4, 0.5) is 0 Å². The number of hydrogen-bond donors (Lipinski definition) is 1. The maximum atomic E-state index is 9.60. The quantitative estimate of drug-likeness (QED) is 0.549. The Morgan fingerprint density at radius 2 is 1.90 bits per heavy atom. The molecule has 4 rings (SSSR count). The van der Waals surface area contributed by atoms with Crippen LogP contribution in [0.1, 0.15) is 5.56 Å². The number of rotatable bonds is 1. The Labute approximate surface area is 121 Å². The predicted octanol–water partition coefficient (Wildman–Crippen LogP) is 4.66. The van der Waals surface area contributed by atoms with Gasteiger partial charge in [0.05, 0.1) is 0 Å². The second kappa shape index (κ2) is 4.35. The minimum Gasteiger partial charge on any atom is -0.508 e. The molecule has 21 heavy (non-hydrogen) atoms. The summed E-state index contributed by atoms with van der Waals surface area (Å²) in [6.45, 7) is 2.03. The smallest absolute Gasteiger partial charge is 0.227 e. The molecular weight excluding hydrogens is 262 g/mol. The molecule has 0 spiro atoms. The van der Waals surface area contributed by atoms with Crippen molar-refractivity contribution in [2.45, 2.75) is 6.92 Å². The first-order valence-electron chi connectivity index (χ1n) is 6.80. The van der Waals surface area contributed by atoms with E-state index in [1.165, 1.54) is 0 Å². The fourth-order valence-corrected chi connectivity index (χ4v) is 2.60. The first-order valence-corrected chi connectivity index (χ1v) is 6.80. The summed E-state index contributed by atoms with van der Waals surface area (Å²) in [5.41, 5.74) is 3.72. The van der Waals surface area contributed by atoms with E-state index in [9.17, 15) is 5.11 Å². The number of benzene rings is 3. The fraction of sp³-hybridized carbons (Fsp3) is 0.0556. The van der Waals surface area contributed by atoms with Crippen LogP contribution in [0.25, 0.3) is 33.3 Å². The zero-order valence-corrected chi connectivity index (χ0v) is 11.5. The molecular formula is C18H13NO2. The molecule has 0 aliphatic heterocycles. The summed E-state index contributed by atoms with van der Waals surface area (Å²) in [5.74, 6) is 0.861. The molecule has 0 amide bonds. The second-order valence-corrected chi connectivity index (χ2v) is 5.20. The van der Waals surface area contributed by atoms with Gasteiger partial charge in [0.2, 0.25) is 5.89 Å². The predicted molar refractivity (Wildman–Crippen MR) is 83.4 cm³/mol. The summed E-state index contributed by atoms with van der Waals surface area (Å²) >= 11 is 0. The maximum absolute atomic E-state index is 9.60. The monoisotopic (exact) mass is 275 g/mol. The highest BCUT2D eigenvalue weighted by molar-refractivity contribution is 5.96. The lowest BCUT2D eigenvalue weighted by Gasteiger charge is -2.03. The number of oxazole rings is 1. The van der Waals surface area contributed by atoms with Gasteiger partial charge in [-0.3, -0.25) is 0 Å². The van der Waals surface area contributed by atoms with Crippen molar-refractivity contribution in [2.24, 2.45) is 0 Å². The third-order valence-corrected chi connectivity index (χ3v) is 3.64. The molecule has 0 bridgehead atoms. The van der Waals surface area contributed by atoms with Crippen molar-refractivity contribution in [2.75, 3.05) is 0 Å². The second-order valence-electron chi connectivity index (χ2n) is 5.20. The molecule has 3 nitrogen and oxygen atoms in total. The summed E-state index contributed by atoms with van der Waals surface area (Å²) in [5, 5.41) is 11.6. The van der Waals surface area contributed by atoms with Gasteiger partial charge < -0.3 is 9.52 Å². The summed E-state index contributed by atoms with van der Waals surface area (Å²) < 4.78 is 5.90. The summed E-state index contributed by atoms with van der Waals surface area (Å²) in [6.07, 6.45) is 0. The van der Waals surface area contributed by atoms with E-state index < -0.39 is 0 Å². The Balaban J connectivity index is 1.99. The Morgan fingerprint density at radius 3 is 2.81 bits per heavy atom. The highest BCUT2D eigenvalue weighted by Gasteiger charge is 2.11. The molecule has 0 aliphatic rings. The first kappa shape index (κ1) is 12.0. The van der Waals surface area contributed by atoms with Crippen LogP contribution in [-0.2, 0) is 0 Å². The van der Waals surface area contributed by atoms with Gasteiger partial charge in [0.15, 0.2) is 5.58 Å². The van der Waals surface area contributed by atoms with E-state index in [4.69, 9.17) is 4.42 Å². The molecule has 3 heteroatoms. The largest absolute Gasteiger partial charge is 0.508 e. The normalized spacial score (nSPS) is 11.3. The van der Waals surface area contributed by atoms with Crippen LogP contribution in [0, 0.1) is 6.92 Å². The molecule has 3 aromatic carbocycles. The number of aryl methyl sites for hydroxylation is 1. The van der Waals surface area contributed by atoms with Crippen LogP contribution in [0.15, 0.2) is 59.0 Å². The number of fused-ring (bicyclic) bond motifs is 2. The number of aromatic hydroxyl groups is 1. The lowest BCUT2D eigenvalue weighted by Crippen LogP contribution is -1.81. The fourth-order valence-electron chi connectivity index (χ4n) is 2.60. The van der Waals surface area contributed by atoms with Crippen LogP contribution < -0.4 is 0 Å². The highest BCUT2D eigenvalue weighted by Crippen LogP contribution is 2.32. The molecule has 0 aliphatic carbocycles. The molecule has 0 saturated carbocycles. The van der Waals surface area contributed by atoms with E-state index in [2.05, 4.69) is 4.98 Å². The molecule has 4 aromatic rings. The molecule has 0 fully saturated rings. The van der Waals surface area contributed by atoms with Gasteiger partial charge in [0, 0.05) is 5.56 Å². The Bertz CT molecular complexity index is 969. The number of phenols is 1. The summed E-state index contributed by atoms with van der Waals surface area (Å²) in [6, 6.07) is 17.2. The van der Waals surface area contributed by atoms with Crippen LogP contribution in [0.3, 0.4) is 0 Å². The van der Waals surface area contributed by atoms with E-state index in [-0.39, 0.29) is 5.75 Å². The number of hydrogen-bond acceptors (Lipinski definition) is 3. The van der Waals surface area contributed by atoms with Gasteiger partial charge in [-0.25, -0.2) is 4.98 Å². The molecule has 0 saturated heterocycles. The maximum Gasteiger partial charge on any atom is 0.227 e. The van der Waals surface area contributed by atoms with Crippen molar-refractivity contribution in [3.8, 4) is 17.2 Å². The van der Waals surface area contributed by atoms with Crippen LogP contribution in [0.5, 0.6) is 5.75 Å². The summed E-state index contributed by atoms with van der Waals surface area (Å²) in [4.78, 5) is 4.57. The van der Waals surface area contributed by atoms with Gasteiger partial charge in [-0.2, -0.15) is 0 Å². The Hall–Kier alpha value is -2.81. The van der Waals surface area contributed by atoms with Crippen LogP contribution in [-0.4, -0.2) is 10.1 Å².